The van der Waals surface area contributed by atoms with Crippen LogP contribution in [0.2, 0.25) is 6.04 Å². The van der Waals surface area contributed by atoms with Gasteiger partial charge in [0.15, 0.2) is 0 Å². The molecule has 0 heterocycles. The summed E-state index contributed by atoms with van der Waals surface area (Å²) in [5, 5.41) is 0. The molecule has 88 valence electrons. The lowest BCUT2D eigenvalue weighted by molar-refractivity contribution is 1.20. The zero-order valence-electron chi connectivity index (χ0n) is 10.5. The molecule has 0 nitrogen and oxygen atoms in total. The highest BCUT2D eigenvalue weighted by molar-refractivity contribution is 6.57. The summed E-state index contributed by atoms with van der Waals surface area (Å²) in [6.45, 7) is 2.35. The molecule has 0 aliphatic heterocycles. The van der Waals surface area contributed by atoms with E-state index in [4.69, 9.17) is 0 Å². The van der Waals surface area contributed by atoms with Crippen LogP contribution in [0, 0.1) is 0 Å². The van der Waals surface area contributed by atoms with Gasteiger partial charge in [0.05, 0.1) is 0 Å². The van der Waals surface area contributed by atoms with Crippen molar-refractivity contribution in [3.05, 3.63) is 71.8 Å². The van der Waals surface area contributed by atoms with E-state index in [0.717, 1.165) is 0 Å². The molecule has 0 fully saturated rings. The van der Waals surface area contributed by atoms with Crippen molar-refractivity contribution < 1.29 is 0 Å². The monoisotopic (exact) mass is 240 g/mol. The van der Waals surface area contributed by atoms with E-state index in [1.807, 2.05) is 0 Å². The van der Waals surface area contributed by atoms with Crippen LogP contribution in [0.1, 0.15) is 18.1 Å². The Morgan fingerprint density at radius 2 is 1.12 bits per heavy atom. The van der Waals surface area contributed by atoms with E-state index in [-0.39, 0.29) is 0 Å². The maximum absolute atomic E-state index is 2.35. The van der Waals surface area contributed by atoms with Gasteiger partial charge in [-0.05, 0) is 12.1 Å². The van der Waals surface area contributed by atoms with Gasteiger partial charge >= 0.3 is 0 Å². The van der Waals surface area contributed by atoms with Crippen molar-refractivity contribution >= 4 is 8.80 Å². The first-order valence-electron chi connectivity index (χ1n) is 6.46. The maximum Gasteiger partial charge on any atom is 0.0455 e. The summed E-state index contributed by atoms with van der Waals surface area (Å²) >= 11 is 0. The van der Waals surface area contributed by atoms with Crippen molar-refractivity contribution in [1.82, 2.24) is 0 Å². The molecule has 0 spiro atoms. The van der Waals surface area contributed by atoms with Gasteiger partial charge < -0.3 is 0 Å². The summed E-state index contributed by atoms with van der Waals surface area (Å²) in [4.78, 5) is 0. The molecular weight excluding hydrogens is 220 g/mol. The fourth-order valence-corrected chi connectivity index (χ4v) is 4.86. The standard InChI is InChI=1S/C16H20Si/c1-2-17(13-15-9-5-3-6-10-15)14-16-11-7-4-8-12-16/h3-12,17H,2,13-14H2,1H3. The van der Waals surface area contributed by atoms with Crippen LogP contribution in [0.25, 0.3) is 0 Å². The molecule has 0 aliphatic rings. The third-order valence-electron chi connectivity index (χ3n) is 3.31. The van der Waals surface area contributed by atoms with Crippen LogP contribution in [0.3, 0.4) is 0 Å². The fourth-order valence-electron chi connectivity index (χ4n) is 2.26. The zero-order chi connectivity index (χ0) is 11.9. The Morgan fingerprint density at radius 1 is 0.706 bits per heavy atom. The molecule has 0 aromatic heterocycles. The van der Waals surface area contributed by atoms with E-state index in [1.54, 1.807) is 0 Å². The number of rotatable bonds is 5. The van der Waals surface area contributed by atoms with Crippen LogP contribution in [0.5, 0.6) is 0 Å². The third kappa shape index (κ3) is 3.86. The van der Waals surface area contributed by atoms with Gasteiger partial charge in [-0.2, -0.15) is 0 Å². The predicted octanol–water partition coefficient (Wildman–Crippen LogP) is 3.80. The lowest BCUT2D eigenvalue weighted by atomic mass is 10.2. The summed E-state index contributed by atoms with van der Waals surface area (Å²) in [6, 6.07) is 25.9. The van der Waals surface area contributed by atoms with Crippen LogP contribution in [0.15, 0.2) is 60.7 Å². The van der Waals surface area contributed by atoms with Crippen LogP contribution in [-0.2, 0) is 12.1 Å². The third-order valence-corrected chi connectivity index (χ3v) is 6.56. The quantitative estimate of drug-likeness (QED) is 0.697. The molecule has 0 saturated heterocycles. The average Bonchev–Trinajstić information content (AvgIpc) is 2.40. The van der Waals surface area contributed by atoms with E-state index >= 15 is 0 Å². The topological polar surface area (TPSA) is 0 Å². The van der Waals surface area contributed by atoms with Crippen molar-refractivity contribution in [1.29, 1.82) is 0 Å². The van der Waals surface area contributed by atoms with Gasteiger partial charge in [0.1, 0.15) is 0 Å². The molecule has 0 N–H and O–H groups in total. The van der Waals surface area contributed by atoms with Crippen molar-refractivity contribution in [2.75, 3.05) is 0 Å². The summed E-state index contributed by atoms with van der Waals surface area (Å²) < 4.78 is 0. The summed E-state index contributed by atoms with van der Waals surface area (Å²) in [5.41, 5.74) is 3.03. The van der Waals surface area contributed by atoms with Crippen LogP contribution in [0.4, 0.5) is 0 Å². The van der Waals surface area contributed by atoms with Crippen molar-refractivity contribution in [2.24, 2.45) is 0 Å². The Kier molecular flexibility index (Phi) is 4.57. The molecule has 0 bridgehead atoms. The molecule has 2 aromatic rings. The minimum Gasteiger partial charge on any atom is -0.0680 e. The Hall–Kier alpha value is -1.34. The van der Waals surface area contributed by atoms with Crippen molar-refractivity contribution in [2.45, 2.75) is 25.1 Å². The molecule has 0 atom stereocenters. The largest absolute Gasteiger partial charge is 0.0680 e. The minimum atomic E-state index is -0.666. The molecule has 0 saturated carbocycles. The first-order valence-corrected chi connectivity index (χ1v) is 8.91. The van der Waals surface area contributed by atoms with Crippen LogP contribution in [-0.4, -0.2) is 8.80 Å². The highest BCUT2D eigenvalue weighted by atomic mass is 28.3. The second-order valence-electron chi connectivity index (χ2n) is 4.65. The number of hydrogen-bond donors (Lipinski definition) is 0. The van der Waals surface area contributed by atoms with Gasteiger partial charge in [-0.3, -0.25) is 0 Å². The summed E-state index contributed by atoms with van der Waals surface area (Å²) in [7, 11) is -0.666. The molecule has 2 rings (SSSR count). The Labute approximate surface area is 106 Å². The first-order chi connectivity index (χ1) is 8.38. The van der Waals surface area contributed by atoms with E-state index in [2.05, 4.69) is 67.6 Å². The highest BCUT2D eigenvalue weighted by Gasteiger charge is 2.09. The molecule has 0 radical (unpaired) electrons. The van der Waals surface area contributed by atoms with Crippen molar-refractivity contribution in [3.8, 4) is 0 Å². The lowest BCUT2D eigenvalue weighted by Crippen LogP contribution is -2.19. The summed E-state index contributed by atoms with van der Waals surface area (Å²) in [6.07, 6.45) is 0. The fraction of sp³-hybridized carbons (Fsp3) is 0.250. The van der Waals surface area contributed by atoms with Crippen LogP contribution < -0.4 is 0 Å². The smallest absolute Gasteiger partial charge is 0.0455 e. The van der Waals surface area contributed by atoms with E-state index in [9.17, 15) is 0 Å². The molecule has 17 heavy (non-hydrogen) atoms. The van der Waals surface area contributed by atoms with Gasteiger partial charge in [-0.1, -0.05) is 84.8 Å². The second kappa shape index (κ2) is 6.41. The first kappa shape index (κ1) is 12.1. The predicted molar refractivity (Wildman–Crippen MR) is 77.9 cm³/mol. The Balaban J connectivity index is 1.98. The molecule has 2 aromatic carbocycles. The Morgan fingerprint density at radius 3 is 1.47 bits per heavy atom. The second-order valence-corrected chi connectivity index (χ2v) is 8.02. The Bertz CT molecular complexity index is 380. The van der Waals surface area contributed by atoms with Crippen LogP contribution >= 0.6 is 0 Å². The molecule has 0 unspecified atom stereocenters. The van der Waals surface area contributed by atoms with Gasteiger partial charge in [-0.15, -0.1) is 0 Å². The van der Waals surface area contributed by atoms with E-state index < -0.39 is 8.80 Å². The lowest BCUT2D eigenvalue weighted by Gasteiger charge is -2.13. The molecule has 0 aliphatic carbocycles. The minimum absolute atomic E-state index is 0.666. The maximum atomic E-state index is 2.35. The molecule has 1 heteroatoms. The number of hydrogen-bond acceptors (Lipinski definition) is 0. The molecular formula is C16H20Si. The summed E-state index contributed by atoms with van der Waals surface area (Å²) in [5.74, 6) is 0. The van der Waals surface area contributed by atoms with Crippen molar-refractivity contribution in [3.63, 3.8) is 0 Å². The zero-order valence-corrected chi connectivity index (χ0v) is 11.6. The van der Waals surface area contributed by atoms with E-state index in [0.29, 0.717) is 0 Å². The normalized spacial score (nSPS) is 10.7. The van der Waals surface area contributed by atoms with Gasteiger partial charge in [0, 0.05) is 8.80 Å². The highest BCUT2D eigenvalue weighted by Crippen LogP contribution is 2.10. The van der Waals surface area contributed by atoms with Gasteiger partial charge in [0.2, 0.25) is 0 Å². The van der Waals surface area contributed by atoms with E-state index in [1.165, 1.54) is 29.3 Å². The van der Waals surface area contributed by atoms with Gasteiger partial charge in [-0.25, -0.2) is 0 Å². The molecule has 0 amide bonds. The SMILES string of the molecule is CC[SiH](Cc1ccccc1)Cc1ccccc1. The van der Waals surface area contributed by atoms with Gasteiger partial charge in [0.25, 0.3) is 0 Å². The average molecular weight is 240 g/mol. The number of benzene rings is 2.